The summed E-state index contributed by atoms with van der Waals surface area (Å²) in [6.45, 7) is 4.33. The molecule has 6 aromatic rings. The maximum atomic E-state index is 6.50. The first-order valence-electron chi connectivity index (χ1n) is 10.4. The van der Waals surface area contributed by atoms with Gasteiger partial charge in [-0.15, -0.1) is 0 Å². The molecule has 0 N–H and O–H groups in total. The van der Waals surface area contributed by atoms with Gasteiger partial charge in [-0.2, -0.15) is 4.57 Å². The van der Waals surface area contributed by atoms with Crippen LogP contribution in [0.25, 0.3) is 54.9 Å². The molecule has 30 heavy (non-hydrogen) atoms. The van der Waals surface area contributed by atoms with Gasteiger partial charge >= 0.3 is 0 Å². The van der Waals surface area contributed by atoms with E-state index in [1.807, 2.05) is 0 Å². The number of nitrogens with zero attached hydrogens (tertiary/aromatic N) is 1. The van der Waals surface area contributed by atoms with E-state index in [0.29, 0.717) is 0 Å². The van der Waals surface area contributed by atoms with Gasteiger partial charge in [-0.25, -0.2) is 0 Å². The Morgan fingerprint density at radius 3 is 2.40 bits per heavy atom. The molecule has 2 heteroatoms. The zero-order valence-corrected chi connectivity index (χ0v) is 17.4. The third-order valence-electron chi connectivity index (χ3n) is 6.43. The summed E-state index contributed by atoms with van der Waals surface area (Å²) in [5, 5.41) is 6.13. The number of fused-ring (bicyclic) bond motifs is 6. The molecule has 0 atom stereocenters. The fraction of sp³-hybridized carbons (Fsp3) is 0.107. The van der Waals surface area contributed by atoms with Gasteiger partial charge in [-0.05, 0) is 47.9 Å². The van der Waals surface area contributed by atoms with Gasteiger partial charge < -0.3 is 4.42 Å². The number of pyridine rings is 1. The van der Waals surface area contributed by atoms with Crippen molar-refractivity contribution < 1.29 is 8.98 Å². The molecular formula is C28H22NO+. The van der Waals surface area contributed by atoms with Crippen LogP contribution in [0.5, 0.6) is 0 Å². The Labute approximate surface area is 175 Å². The van der Waals surface area contributed by atoms with Gasteiger partial charge in [0.15, 0.2) is 0 Å². The van der Waals surface area contributed by atoms with Crippen LogP contribution in [0.3, 0.4) is 0 Å². The van der Waals surface area contributed by atoms with E-state index in [2.05, 4.69) is 104 Å². The van der Waals surface area contributed by atoms with E-state index in [9.17, 15) is 0 Å². The summed E-state index contributed by atoms with van der Waals surface area (Å²) < 4.78 is 8.79. The molecule has 2 heterocycles. The topological polar surface area (TPSA) is 17.0 Å². The van der Waals surface area contributed by atoms with Crippen molar-refractivity contribution in [2.75, 3.05) is 0 Å². The van der Waals surface area contributed by atoms with Crippen molar-refractivity contribution in [2.24, 2.45) is 7.05 Å². The minimum atomic E-state index is 0.940. The number of aromatic nitrogens is 1. The van der Waals surface area contributed by atoms with E-state index in [-0.39, 0.29) is 0 Å². The van der Waals surface area contributed by atoms with Crippen LogP contribution in [0.15, 0.2) is 83.3 Å². The van der Waals surface area contributed by atoms with Crippen LogP contribution >= 0.6 is 0 Å². The highest BCUT2D eigenvalue weighted by molar-refractivity contribution is 6.20. The third-order valence-corrected chi connectivity index (χ3v) is 6.43. The van der Waals surface area contributed by atoms with E-state index in [1.54, 1.807) is 0 Å². The minimum Gasteiger partial charge on any atom is -0.455 e. The molecule has 4 aromatic carbocycles. The monoisotopic (exact) mass is 388 g/mol. The molecule has 6 rings (SSSR count). The lowest BCUT2D eigenvalue weighted by molar-refractivity contribution is -0.633. The Morgan fingerprint density at radius 1 is 0.667 bits per heavy atom. The largest absolute Gasteiger partial charge is 0.455 e. The Balaban J connectivity index is 1.76. The van der Waals surface area contributed by atoms with Gasteiger partial charge in [-0.1, -0.05) is 54.6 Å². The first-order chi connectivity index (χ1) is 14.6. The number of hydrogen-bond acceptors (Lipinski definition) is 1. The quantitative estimate of drug-likeness (QED) is 0.277. The Morgan fingerprint density at radius 2 is 1.50 bits per heavy atom. The number of hydrogen-bond donors (Lipinski definition) is 0. The fourth-order valence-electron chi connectivity index (χ4n) is 4.86. The Kier molecular flexibility index (Phi) is 3.54. The second-order valence-corrected chi connectivity index (χ2v) is 8.18. The lowest BCUT2D eigenvalue weighted by atomic mass is 9.98. The summed E-state index contributed by atoms with van der Waals surface area (Å²) in [7, 11) is 2.15. The molecule has 0 spiro atoms. The molecule has 2 nitrogen and oxygen atoms in total. The molecule has 0 saturated carbocycles. The predicted molar refractivity (Wildman–Crippen MR) is 125 cm³/mol. The molecular weight excluding hydrogens is 366 g/mol. The van der Waals surface area contributed by atoms with Crippen LogP contribution in [0.4, 0.5) is 0 Å². The molecule has 0 radical (unpaired) electrons. The van der Waals surface area contributed by atoms with E-state index in [0.717, 1.165) is 11.2 Å². The highest BCUT2D eigenvalue weighted by atomic mass is 16.3. The molecule has 0 bridgehead atoms. The molecule has 144 valence electrons. The molecule has 0 saturated heterocycles. The number of rotatable bonds is 1. The van der Waals surface area contributed by atoms with Crippen LogP contribution < -0.4 is 4.57 Å². The van der Waals surface area contributed by atoms with Gasteiger partial charge in [0.05, 0.1) is 5.56 Å². The summed E-state index contributed by atoms with van der Waals surface area (Å²) in [5.74, 6) is 0. The molecule has 0 aliphatic rings. The minimum absolute atomic E-state index is 0.940. The van der Waals surface area contributed by atoms with Crippen LogP contribution in [0.1, 0.15) is 11.1 Å². The summed E-state index contributed by atoms with van der Waals surface area (Å²) >= 11 is 0. The summed E-state index contributed by atoms with van der Waals surface area (Å²) in [6, 6.07) is 28.1. The molecule has 2 aromatic heterocycles. The predicted octanol–water partition coefficient (Wildman–Crippen LogP) is 7.00. The highest BCUT2D eigenvalue weighted by Gasteiger charge is 2.22. The fourth-order valence-corrected chi connectivity index (χ4v) is 4.86. The zero-order chi connectivity index (χ0) is 20.4. The van der Waals surface area contributed by atoms with E-state index < -0.39 is 0 Å². The van der Waals surface area contributed by atoms with Gasteiger partial charge in [0, 0.05) is 28.3 Å². The first-order valence-corrected chi connectivity index (χ1v) is 10.4. The molecule has 0 fully saturated rings. The van der Waals surface area contributed by atoms with E-state index in [4.69, 9.17) is 4.42 Å². The summed E-state index contributed by atoms with van der Waals surface area (Å²) in [6.07, 6.45) is 0. The van der Waals surface area contributed by atoms with Gasteiger partial charge in [-0.3, -0.25) is 0 Å². The molecule has 0 aliphatic carbocycles. The van der Waals surface area contributed by atoms with Crippen LogP contribution in [-0.2, 0) is 7.05 Å². The van der Waals surface area contributed by atoms with Gasteiger partial charge in [0.25, 0.3) is 0 Å². The molecule has 0 amide bonds. The maximum Gasteiger partial charge on any atom is 0.216 e. The number of furan rings is 1. The first kappa shape index (κ1) is 17.2. The zero-order valence-electron chi connectivity index (χ0n) is 17.4. The summed E-state index contributed by atoms with van der Waals surface area (Å²) in [5.41, 5.74) is 7.97. The second-order valence-electron chi connectivity index (χ2n) is 8.18. The Hall–Kier alpha value is -3.65. The lowest BCUT2D eigenvalue weighted by Crippen LogP contribution is -2.32. The van der Waals surface area contributed by atoms with Crippen LogP contribution in [0, 0.1) is 13.8 Å². The van der Waals surface area contributed by atoms with Crippen molar-refractivity contribution in [3.63, 3.8) is 0 Å². The van der Waals surface area contributed by atoms with E-state index in [1.165, 1.54) is 54.8 Å². The lowest BCUT2D eigenvalue weighted by Gasteiger charge is -2.08. The van der Waals surface area contributed by atoms with Crippen molar-refractivity contribution in [1.82, 2.24) is 0 Å². The third kappa shape index (κ3) is 2.28. The number of aryl methyl sites for hydroxylation is 3. The maximum absolute atomic E-state index is 6.50. The molecule has 0 unspecified atom stereocenters. The smallest absolute Gasteiger partial charge is 0.216 e. The van der Waals surface area contributed by atoms with Crippen molar-refractivity contribution in [2.45, 2.75) is 13.8 Å². The average Bonchev–Trinajstić information content (AvgIpc) is 3.14. The molecule has 0 aliphatic heterocycles. The van der Waals surface area contributed by atoms with Crippen molar-refractivity contribution in [1.29, 1.82) is 0 Å². The standard InChI is InChI=1S/C28H22NO/c1-17-7-6-10-23-20(17)14-15-24(29(23)3)26-18(2)11-13-22-27-21-9-5-4-8-19(21)12-16-25(27)30-28(22)26/h4-16H,1-3H3/q+1. The average molecular weight is 388 g/mol. The van der Waals surface area contributed by atoms with Crippen LogP contribution in [0.2, 0.25) is 0 Å². The van der Waals surface area contributed by atoms with Crippen molar-refractivity contribution in [3.8, 4) is 11.3 Å². The van der Waals surface area contributed by atoms with Crippen molar-refractivity contribution in [3.05, 3.63) is 90.0 Å². The van der Waals surface area contributed by atoms with Crippen molar-refractivity contribution >= 4 is 43.6 Å². The second kappa shape index (κ2) is 6.17. The SMILES string of the molecule is Cc1ccc2c(oc3ccc4ccccc4c32)c1-c1ccc2c(C)cccc2[n+]1C. The summed E-state index contributed by atoms with van der Waals surface area (Å²) in [4.78, 5) is 0. The van der Waals surface area contributed by atoms with Gasteiger partial charge in [0.1, 0.15) is 18.2 Å². The van der Waals surface area contributed by atoms with Crippen LogP contribution in [-0.4, -0.2) is 0 Å². The van der Waals surface area contributed by atoms with Gasteiger partial charge in [0.2, 0.25) is 11.2 Å². The number of benzene rings is 4. The normalized spacial score (nSPS) is 11.8. The highest BCUT2D eigenvalue weighted by Crippen LogP contribution is 2.40. The Bertz CT molecular complexity index is 1620. The van der Waals surface area contributed by atoms with E-state index >= 15 is 0 Å².